The first-order chi connectivity index (χ1) is 14.0. The third-order valence-electron chi connectivity index (χ3n) is 5.83. The van der Waals surface area contributed by atoms with Crippen molar-refractivity contribution in [3.63, 3.8) is 0 Å². The number of esters is 1. The van der Waals surface area contributed by atoms with Gasteiger partial charge in [-0.1, -0.05) is 38.0 Å². The highest BCUT2D eigenvalue weighted by Gasteiger charge is 2.64. The quantitative estimate of drug-likeness (QED) is 0.469. The average Bonchev–Trinajstić information content (AvgIpc) is 3.16. The van der Waals surface area contributed by atoms with Crippen molar-refractivity contribution < 1.29 is 22.7 Å². The van der Waals surface area contributed by atoms with Crippen LogP contribution in [-0.2, 0) is 24.1 Å². The summed E-state index contributed by atoms with van der Waals surface area (Å²) in [6.07, 6.45) is 4.67. The lowest BCUT2D eigenvalue weighted by atomic mass is 10.1. The minimum absolute atomic E-state index is 0.0666. The van der Waals surface area contributed by atoms with Crippen LogP contribution < -0.4 is 0 Å². The van der Waals surface area contributed by atoms with E-state index in [1.54, 1.807) is 35.3 Å². The molecule has 0 N–H and O–H groups in total. The zero-order valence-electron chi connectivity index (χ0n) is 17.4. The van der Waals surface area contributed by atoms with E-state index >= 15 is 0 Å². The largest absolute Gasteiger partial charge is 0.467 e. The summed E-state index contributed by atoms with van der Waals surface area (Å²) in [5.41, 5.74) is 0. The molecule has 1 aromatic rings. The number of benzene rings is 1. The lowest BCUT2D eigenvalue weighted by Crippen LogP contribution is -2.63. The Balaban J connectivity index is 2.05. The van der Waals surface area contributed by atoms with Gasteiger partial charge in [0.15, 0.2) is 0 Å². The summed E-state index contributed by atoms with van der Waals surface area (Å²) < 4.78 is 38.8. The van der Waals surface area contributed by atoms with Gasteiger partial charge in [-0.3, -0.25) is 0 Å². The van der Waals surface area contributed by atoms with Gasteiger partial charge in [-0.15, -0.1) is 0 Å². The van der Waals surface area contributed by atoms with Gasteiger partial charge in [-0.25, -0.2) is 23.2 Å². The number of carbonyl (C=O) groups excluding carboxylic acids is 1. The second kappa shape index (κ2) is 9.55. The third kappa shape index (κ3) is 4.21. The first-order valence-electron chi connectivity index (χ1n) is 10.5. The predicted molar refractivity (Wildman–Crippen MR) is 110 cm³/mol. The highest BCUT2D eigenvalue weighted by molar-refractivity contribution is 7.93. The van der Waals surface area contributed by atoms with E-state index in [4.69, 9.17) is 9.47 Å². The minimum Gasteiger partial charge on any atom is -0.467 e. The Morgan fingerprint density at radius 2 is 1.86 bits per heavy atom. The monoisotopic (exact) mass is 424 g/mol. The molecule has 2 atom stereocenters. The summed E-state index contributed by atoms with van der Waals surface area (Å²) >= 11 is 0. The molecule has 2 heterocycles. The molecule has 2 aliphatic heterocycles. The Kier molecular flexibility index (Phi) is 7.32. The van der Waals surface area contributed by atoms with Crippen LogP contribution in [0.15, 0.2) is 35.2 Å². The number of carbonyl (C=O) groups is 1. The summed E-state index contributed by atoms with van der Waals surface area (Å²) in [6.45, 7) is 4.45. The normalized spacial score (nSPS) is 26.5. The second-order valence-electron chi connectivity index (χ2n) is 7.74. The minimum atomic E-state index is -4.04. The van der Waals surface area contributed by atoms with Crippen molar-refractivity contribution in [2.75, 3.05) is 33.4 Å². The predicted octanol–water partition coefficient (Wildman–Crippen LogP) is 2.62. The SMILES string of the molecule is CCCCO[C@@H]1CN(N2CCCCC2)[C@@](C(=O)OC)(S(=O)(=O)c2ccccc2)C1. The molecule has 0 unspecified atom stereocenters. The van der Waals surface area contributed by atoms with Crippen LogP contribution in [0.2, 0.25) is 0 Å². The van der Waals surface area contributed by atoms with E-state index < -0.39 is 20.7 Å². The lowest BCUT2D eigenvalue weighted by Gasteiger charge is -2.43. The van der Waals surface area contributed by atoms with Crippen LogP contribution in [0.3, 0.4) is 0 Å². The number of hydrogen-bond donors (Lipinski definition) is 0. The Morgan fingerprint density at radius 3 is 2.48 bits per heavy atom. The number of hydrogen-bond acceptors (Lipinski definition) is 7. The molecule has 1 aromatic carbocycles. The zero-order valence-corrected chi connectivity index (χ0v) is 18.2. The first kappa shape index (κ1) is 22.2. The second-order valence-corrected chi connectivity index (χ2v) is 9.89. The molecular formula is C21H32N2O5S. The molecule has 0 amide bonds. The van der Waals surface area contributed by atoms with Crippen LogP contribution in [0.25, 0.3) is 0 Å². The first-order valence-corrected chi connectivity index (χ1v) is 12.0. The molecule has 0 radical (unpaired) electrons. The molecule has 29 heavy (non-hydrogen) atoms. The maximum atomic E-state index is 13.9. The highest BCUT2D eigenvalue weighted by atomic mass is 32.2. The maximum absolute atomic E-state index is 13.9. The van der Waals surface area contributed by atoms with Gasteiger partial charge in [0, 0.05) is 32.7 Å². The molecule has 8 heteroatoms. The molecule has 0 aliphatic carbocycles. The lowest BCUT2D eigenvalue weighted by molar-refractivity contribution is -0.159. The van der Waals surface area contributed by atoms with Crippen LogP contribution in [0.4, 0.5) is 0 Å². The van der Waals surface area contributed by atoms with Gasteiger partial charge in [0.05, 0.1) is 18.1 Å². The van der Waals surface area contributed by atoms with E-state index in [1.807, 2.05) is 5.01 Å². The molecule has 2 fully saturated rings. The molecule has 162 valence electrons. The molecule has 3 rings (SSSR count). The number of methoxy groups -OCH3 is 1. The molecule has 0 saturated carbocycles. The number of rotatable bonds is 8. The summed E-state index contributed by atoms with van der Waals surface area (Å²) in [7, 11) is -2.79. The molecule has 0 aromatic heterocycles. The van der Waals surface area contributed by atoms with Crippen molar-refractivity contribution in [3.8, 4) is 0 Å². The van der Waals surface area contributed by atoms with Gasteiger partial charge in [-0.2, -0.15) is 0 Å². The van der Waals surface area contributed by atoms with Crippen molar-refractivity contribution in [1.29, 1.82) is 0 Å². The van der Waals surface area contributed by atoms with Gasteiger partial charge in [-0.05, 0) is 31.4 Å². The zero-order chi connectivity index (χ0) is 20.9. The van der Waals surface area contributed by atoms with Crippen molar-refractivity contribution in [3.05, 3.63) is 30.3 Å². The Morgan fingerprint density at radius 1 is 1.17 bits per heavy atom. The van der Waals surface area contributed by atoms with Crippen LogP contribution in [0.1, 0.15) is 45.4 Å². The van der Waals surface area contributed by atoms with Crippen molar-refractivity contribution in [1.82, 2.24) is 10.0 Å². The number of nitrogens with zero attached hydrogens (tertiary/aromatic N) is 2. The number of ether oxygens (including phenoxy) is 2. The van der Waals surface area contributed by atoms with Gasteiger partial charge in [0.25, 0.3) is 0 Å². The number of unbranched alkanes of at least 4 members (excludes halogenated alkanes) is 1. The summed E-state index contributed by atoms with van der Waals surface area (Å²) in [4.78, 5) is 11.5. The third-order valence-corrected chi connectivity index (χ3v) is 8.15. The van der Waals surface area contributed by atoms with E-state index in [1.165, 1.54) is 7.11 Å². The topological polar surface area (TPSA) is 76.2 Å². The van der Waals surface area contributed by atoms with E-state index in [0.29, 0.717) is 13.2 Å². The molecule has 0 spiro atoms. The van der Waals surface area contributed by atoms with Gasteiger partial charge in [0.1, 0.15) is 0 Å². The standard InChI is InChI=1S/C21H32N2O5S/c1-3-4-15-28-18-16-21(20(24)27-2,23(17-18)22-13-9-6-10-14-22)29(25,26)19-11-7-5-8-12-19/h5,7-8,11-12,18H,3-4,6,9-10,13-17H2,1-2H3/t18-,21+/m0/s1. The van der Waals surface area contributed by atoms with Crippen LogP contribution in [-0.4, -0.2) is 68.7 Å². The van der Waals surface area contributed by atoms with Crippen LogP contribution in [0, 0.1) is 0 Å². The summed E-state index contributed by atoms with van der Waals surface area (Å²) in [6, 6.07) is 8.19. The van der Waals surface area contributed by atoms with Gasteiger partial charge in [0.2, 0.25) is 14.7 Å². The Bertz CT molecular complexity index is 780. The van der Waals surface area contributed by atoms with Crippen molar-refractivity contribution in [2.24, 2.45) is 0 Å². The Hall–Kier alpha value is -1.48. The maximum Gasteiger partial charge on any atom is 0.343 e. The molecule has 0 bridgehead atoms. The van der Waals surface area contributed by atoms with E-state index in [9.17, 15) is 13.2 Å². The van der Waals surface area contributed by atoms with Gasteiger partial charge < -0.3 is 9.47 Å². The van der Waals surface area contributed by atoms with E-state index in [-0.39, 0.29) is 17.4 Å². The fraction of sp³-hybridized carbons (Fsp3) is 0.667. The summed E-state index contributed by atoms with van der Waals surface area (Å²) in [5.74, 6) is -0.742. The summed E-state index contributed by atoms with van der Waals surface area (Å²) in [5, 5.41) is 3.75. The highest BCUT2D eigenvalue weighted by Crippen LogP contribution is 2.42. The van der Waals surface area contributed by atoms with Crippen LogP contribution in [0.5, 0.6) is 0 Å². The Labute approximate surface area is 173 Å². The van der Waals surface area contributed by atoms with Crippen molar-refractivity contribution >= 4 is 15.8 Å². The van der Waals surface area contributed by atoms with Crippen molar-refractivity contribution in [2.45, 2.75) is 61.3 Å². The van der Waals surface area contributed by atoms with Gasteiger partial charge >= 0.3 is 5.97 Å². The fourth-order valence-corrected chi connectivity index (χ4v) is 6.37. The van der Waals surface area contributed by atoms with Crippen LogP contribution >= 0.6 is 0 Å². The number of hydrazine groups is 1. The van der Waals surface area contributed by atoms with E-state index in [0.717, 1.165) is 45.2 Å². The number of piperidine rings is 1. The van der Waals surface area contributed by atoms with E-state index in [2.05, 4.69) is 6.92 Å². The molecule has 7 nitrogen and oxygen atoms in total. The molecule has 2 aliphatic rings. The fourth-order valence-electron chi connectivity index (χ4n) is 4.29. The smallest absolute Gasteiger partial charge is 0.343 e. The molecular weight excluding hydrogens is 392 g/mol. The number of sulfone groups is 1. The average molecular weight is 425 g/mol. The molecule has 2 saturated heterocycles.